The Morgan fingerprint density at radius 3 is 2.36 bits per heavy atom. The first kappa shape index (κ1) is 8.71. The van der Waals surface area contributed by atoms with Gasteiger partial charge in [-0.2, -0.15) is 0 Å². The lowest BCUT2D eigenvalue weighted by Crippen LogP contribution is -2.02. The highest BCUT2D eigenvalue weighted by Crippen LogP contribution is 2.11. The van der Waals surface area contributed by atoms with E-state index in [2.05, 4.69) is 19.9 Å². The summed E-state index contributed by atoms with van der Waals surface area (Å²) in [5, 5.41) is 0. The maximum absolute atomic E-state index is 5.39. The van der Waals surface area contributed by atoms with Crippen LogP contribution in [-0.2, 0) is 6.54 Å². The lowest BCUT2D eigenvalue weighted by molar-refractivity contribution is 0.909. The third-order valence-electron chi connectivity index (χ3n) is 1.75. The summed E-state index contributed by atoms with van der Waals surface area (Å²) in [6.07, 6.45) is 8.31. The van der Waals surface area contributed by atoms with E-state index in [0.717, 1.165) is 11.3 Å². The fourth-order valence-electron chi connectivity index (χ4n) is 1.04. The molecule has 0 bridgehead atoms. The van der Waals surface area contributed by atoms with Gasteiger partial charge in [-0.25, -0.2) is 9.97 Å². The van der Waals surface area contributed by atoms with Gasteiger partial charge in [0, 0.05) is 30.4 Å². The van der Waals surface area contributed by atoms with E-state index in [0.29, 0.717) is 12.4 Å². The molecule has 70 valence electrons. The first-order valence-corrected chi connectivity index (χ1v) is 4.17. The molecule has 5 heteroatoms. The van der Waals surface area contributed by atoms with E-state index in [4.69, 9.17) is 5.73 Å². The second-order valence-electron chi connectivity index (χ2n) is 2.68. The molecule has 0 atom stereocenters. The lowest BCUT2D eigenvalue weighted by atomic mass is 10.2. The van der Waals surface area contributed by atoms with Crippen LogP contribution < -0.4 is 5.73 Å². The molecule has 0 spiro atoms. The Labute approximate surface area is 81.1 Å². The third kappa shape index (κ3) is 1.72. The van der Waals surface area contributed by atoms with Crippen molar-refractivity contribution in [3.05, 3.63) is 36.8 Å². The highest BCUT2D eigenvalue weighted by atomic mass is 14.9. The van der Waals surface area contributed by atoms with Crippen LogP contribution in [0.15, 0.2) is 31.0 Å². The van der Waals surface area contributed by atoms with Gasteiger partial charge in [0.25, 0.3) is 0 Å². The van der Waals surface area contributed by atoms with Crippen molar-refractivity contribution in [2.75, 3.05) is 0 Å². The van der Waals surface area contributed by atoms with Gasteiger partial charge >= 0.3 is 0 Å². The van der Waals surface area contributed by atoms with Crippen molar-refractivity contribution >= 4 is 0 Å². The SMILES string of the molecule is NCc1ncc(-c2cnccn2)cn1. The van der Waals surface area contributed by atoms with Crippen molar-refractivity contribution in [3.8, 4) is 11.3 Å². The van der Waals surface area contributed by atoms with Crippen LogP contribution in [-0.4, -0.2) is 19.9 Å². The minimum Gasteiger partial charge on any atom is -0.324 e. The van der Waals surface area contributed by atoms with Crippen molar-refractivity contribution in [3.63, 3.8) is 0 Å². The fraction of sp³-hybridized carbons (Fsp3) is 0.111. The normalized spacial score (nSPS) is 10.1. The Morgan fingerprint density at radius 2 is 1.79 bits per heavy atom. The molecule has 0 saturated heterocycles. The second-order valence-corrected chi connectivity index (χ2v) is 2.68. The zero-order chi connectivity index (χ0) is 9.80. The van der Waals surface area contributed by atoms with Crippen LogP contribution >= 0.6 is 0 Å². The van der Waals surface area contributed by atoms with E-state index < -0.39 is 0 Å². The molecule has 0 aliphatic rings. The van der Waals surface area contributed by atoms with Gasteiger partial charge in [-0.15, -0.1) is 0 Å². The van der Waals surface area contributed by atoms with Crippen molar-refractivity contribution in [2.24, 2.45) is 5.73 Å². The average Bonchev–Trinajstić information content (AvgIpc) is 2.30. The molecule has 2 heterocycles. The summed E-state index contributed by atoms with van der Waals surface area (Å²) < 4.78 is 0. The number of nitrogens with zero attached hydrogens (tertiary/aromatic N) is 4. The molecule has 2 aromatic heterocycles. The molecule has 0 radical (unpaired) electrons. The number of hydrogen-bond donors (Lipinski definition) is 1. The molecular weight excluding hydrogens is 178 g/mol. The molecule has 14 heavy (non-hydrogen) atoms. The van der Waals surface area contributed by atoms with Crippen molar-refractivity contribution in [1.82, 2.24) is 19.9 Å². The Bertz CT molecular complexity index is 397. The average molecular weight is 187 g/mol. The van der Waals surface area contributed by atoms with E-state index in [9.17, 15) is 0 Å². The molecular formula is C9H9N5. The number of aromatic nitrogens is 4. The largest absolute Gasteiger partial charge is 0.324 e. The smallest absolute Gasteiger partial charge is 0.141 e. The summed E-state index contributed by atoms with van der Waals surface area (Å²) >= 11 is 0. The van der Waals surface area contributed by atoms with Gasteiger partial charge in [-0.05, 0) is 0 Å². The summed E-state index contributed by atoms with van der Waals surface area (Å²) in [5.41, 5.74) is 6.99. The molecule has 2 N–H and O–H groups in total. The highest BCUT2D eigenvalue weighted by Gasteiger charge is 1.99. The van der Waals surface area contributed by atoms with Crippen LogP contribution in [0.2, 0.25) is 0 Å². The predicted molar refractivity (Wildman–Crippen MR) is 50.9 cm³/mol. The molecule has 0 aliphatic carbocycles. The predicted octanol–water partition coefficient (Wildman–Crippen LogP) is 0.392. The zero-order valence-corrected chi connectivity index (χ0v) is 7.46. The summed E-state index contributed by atoms with van der Waals surface area (Å²) in [4.78, 5) is 16.2. The molecule has 5 nitrogen and oxygen atoms in total. The van der Waals surface area contributed by atoms with Gasteiger partial charge in [-0.1, -0.05) is 0 Å². The molecule has 0 aliphatic heterocycles. The van der Waals surface area contributed by atoms with Crippen LogP contribution in [0, 0.1) is 0 Å². The first-order valence-electron chi connectivity index (χ1n) is 4.17. The van der Waals surface area contributed by atoms with Crippen LogP contribution in [0.1, 0.15) is 5.82 Å². The molecule has 0 unspecified atom stereocenters. The molecule has 2 aromatic rings. The van der Waals surface area contributed by atoms with Gasteiger partial charge in [0.15, 0.2) is 0 Å². The van der Waals surface area contributed by atoms with Crippen molar-refractivity contribution < 1.29 is 0 Å². The quantitative estimate of drug-likeness (QED) is 0.735. The van der Waals surface area contributed by atoms with Gasteiger partial charge in [-0.3, -0.25) is 9.97 Å². The molecule has 0 saturated carbocycles. The van der Waals surface area contributed by atoms with Crippen LogP contribution in [0.5, 0.6) is 0 Å². The monoisotopic (exact) mass is 187 g/mol. The van der Waals surface area contributed by atoms with Gasteiger partial charge in [0.05, 0.1) is 18.4 Å². The maximum Gasteiger partial charge on any atom is 0.141 e. The van der Waals surface area contributed by atoms with E-state index in [-0.39, 0.29) is 0 Å². The summed E-state index contributed by atoms with van der Waals surface area (Å²) in [6.45, 7) is 0.348. The summed E-state index contributed by atoms with van der Waals surface area (Å²) in [7, 11) is 0. The van der Waals surface area contributed by atoms with Crippen LogP contribution in [0.25, 0.3) is 11.3 Å². The van der Waals surface area contributed by atoms with Gasteiger partial charge in [0.2, 0.25) is 0 Å². The topological polar surface area (TPSA) is 77.6 Å². The van der Waals surface area contributed by atoms with E-state index >= 15 is 0 Å². The molecule has 0 amide bonds. The van der Waals surface area contributed by atoms with Crippen molar-refractivity contribution in [1.29, 1.82) is 0 Å². The number of nitrogens with two attached hydrogens (primary N) is 1. The minimum absolute atomic E-state index is 0.348. The van der Waals surface area contributed by atoms with E-state index in [1.54, 1.807) is 31.0 Å². The second kappa shape index (κ2) is 3.89. The molecule has 0 aromatic carbocycles. The summed E-state index contributed by atoms with van der Waals surface area (Å²) in [5.74, 6) is 0.623. The third-order valence-corrected chi connectivity index (χ3v) is 1.75. The first-order chi connectivity index (χ1) is 6.90. The zero-order valence-electron chi connectivity index (χ0n) is 7.46. The number of hydrogen-bond acceptors (Lipinski definition) is 5. The van der Waals surface area contributed by atoms with E-state index in [1.807, 2.05) is 0 Å². The molecule has 2 rings (SSSR count). The van der Waals surface area contributed by atoms with E-state index in [1.165, 1.54) is 0 Å². The Balaban J connectivity index is 2.34. The fourth-order valence-corrected chi connectivity index (χ4v) is 1.04. The maximum atomic E-state index is 5.39. The van der Waals surface area contributed by atoms with Crippen molar-refractivity contribution in [2.45, 2.75) is 6.54 Å². The minimum atomic E-state index is 0.348. The van der Waals surface area contributed by atoms with Gasteiger partial charge in [0.1, 0.15) is 5.82 Å². The summed E-state index contributed by atoms with van der Waals surface area (Å²) in [6, 6.07) is 0. The molecule has 0 fully saturated rings. The lowest BCUT2D eigenvalue weighted by Gasteiger charge is -1.99. The number of rotatable bonds is 2. The Kier molecular flexibility index (Phi) is 2.42. The van der Waals surface area contributed by atoms with Crippen LogP contribution in [0.3, 0.4) is 0 Å². The highest BCUT2D eigenvalue weighted by molar-refractivity contribution is 5.54. The van der Waals surface area contributed by atoms with Crippen LogP contribution in [0.4, 0.5) is 0 Å². The van der Waals surface area contributed by atoms with Gasteiger partial charge < -0.3 is 5.73 Å². The Hall–Kier alpha value is -1.88. The Morgan fingerprint density at radius 1 is 1.00 bits per heavy atom. The standard InChI is InChI=1S/C9H9N5/c10-3-9-13-4-7(5-14-9)8-6-11-1-2-12-8/h1-2,4-6H,3,10H2.